The molecule has 5 rings (SSSR count). The molecule has 2 saturated heterocycles. The molecule has 32 heavy (non-hydrogen) atoms. The van der Waals surface area contributed by atoms with Crippen molar-refractivity contribution in [2.24, 2.45) is 0 Å². The molecule has 0 saturated carbocycles. The summed E-state index contributed by atoms with van der Waals surface area (Å²) in [7, 11) is 2.15. The molecule has 0 N–H and O–H groups in total. The van der Waals surface area contributed by atoms with Crippen LogP contribution in [0.2, 0.25) is 5.02 Å². The van der Waals surface area contributed by atoms with Crippen LogP contribution in [-0.2, 0) is 17.7 Å². The molecule has 3 aliphatic rings. The highest BCUT2D eigenvalue weighted by Gasteiger charge is 2.30. The molecule has 1 aromatic heterocycles. The van der Waals surface area contributed by atoms with Crippen LogP contribution in [0.1, 0.15) is 21.6 Å². The average molecular weight is 457 g/mol. The summed E-state index contributed by atoms with van der Waals surface area (Å²) in [6.07, 6.45) is 0.731. The minimum atomic E-state index is 0.0170. The molecule has 0 atom stereocenters. The summed E-state index contributed by atoms with van der Waals surface area (Å²) >= 11 is 6.00. The first kappa shape index (κ1) is 21.4. The number of piperazine rings is 1. The van der Waals surface area contributed by atoms with E-state index in [1.807, 2.05) is 4.90 Å². The Morgan fingerprint density at radius 2 is 1.66 bits per heavy atom. The lowest BCUT2D eigenvalue weighted by atomic mass is 10.0. The molecule has 170 valence electrons. The normalized spacial score (nSPS) is 19.8. The van der Waals surface area contributed by atoms with Crippen LogP contribution in [0.3, 0.4) is 0 Å². The Balaban J connectivity index is 1.45. The largest absolute Gasteiger partial charge is 0.378 e. The first-order chi connectivity index (χ1) is 15.6. The number of aromatic nitrogens is 2. The summed E-state index contributed by atoms with van der Waals surface area (Å²) in [4.78, 5) is 32.0. The number of fused-ring (bicyclic) bond motifs is 1. The second-order valence-electron chi connectivity index (χ2n) is 8.65. The Bertz CT molecular complexity index is 971. The standard InChI is InChI=1S/C23H29ClN6O2/c1-27-8-10-29(11-9-27)23-25-20-6-7-30(22(31)17-2-4-18(24)5-3-17)16-19(20)21(26-23)28-12-14-32-15-13-28/h2-5H,6-16H2,1H3. The predicted octanol–water partition coefficient (Wildman–Crippen LogP) is 1.92. The van der Waals surface area contributed by atoms with Gasteiger partial charge in [0, 0.05) is 68.4 Å². The second-order valence-corrected chi connectivity index (χ2v) is 9.08. The third kappa shape index (κ3) is 4.40. The number of benzene rings is 1. The summed E-state index contributed by atoms with van der Waals surface area (Å²) < 4.78 is 5.57. The fraction of sp³-hybridized carbons (Fsp3) is 0.522. The van der Waals surface area contributed by atoms with E-state index in [2.05, 4.69) is 21.7 Å². The highest BCUT2D eigenvalue weighted by molar-refractivity contribution is 6.30. The van der Waals surface area contributed by atoms with Gasteiger partial charge in [0.2, 0.25) is 5.95 Å². The van der Waals surface area contributed by atoms with Crippen molar-refractivity contribution >= 4 is 29.3 Å². The van der Waals surface area contributed by atoms with Gasteiger partial charge in [0.1, 0.15) is 5.82 Å². The molecule has 0 spiro atoms. The van der Waals surface area contributed by atoms with Crippen LogP contribution >= 0.6 is 11.6 Å². The lowest BCUT2D eigenvalue weighted by molar-refractivity contribution is 0.0733. The van der Waals surface area contributed by atoms with E-state index in [9.17, 15) is 4.79 Å². The van der Waals surface area contributed by atoms with E-state index in [1.54, 1.807) is 24.3 Å². The summed E-state index contributed by atoms with van der Waals surface area (Å²) in [5.74, 6) is 1.79. The van der Waals surface area contributed by atoms with E-state index in [4.69, 9.17) is 26.3 Å². The number of carbonyl (C=O) groups excluding carboxylic acids is 1. The molecule has 2 aromatic rings. The Hall–Kier alpha value is -2.42. The smallest absolute Gasteiger partial charge is 0.254 e. The maximum Gasteiger partial charge on any atom is 0.254 e. The van der Waals surface area contributed by atoms with Gasteiger partial charge in [-0.2, -0.15) is 4.98 Å². The van der Waals surface area contributed by atoms with Crippen LogP contribution in [-0.4, -0.2) is 91.7 Å². The van der Waals surface area contributed by atoms with Crippen molar-refractivity contribution in [2.75, 3.05) is 75.9 Å². The van der Waals surface area contributed by atoms with Crippen molar-refractivity contribution < 1.29 is 9.53 Å². The zero-order chi connectivity index (χ0) is 22.1. The van der Waals surface area contributed by atoms with Crippen molar-refractivity contribution in [2.45, 2.75) is 13.0 Å². The number of ether oxygens (including phenoxy) is 1. The van der Waals surface area contributed by atoms with E-state index in [-0.39, 0.29) is 5.91 Å². The van der Waals surface area contributed by atoms with Gasteiger partial charge >= 0.3 is 0 Å². The molecular weight excluding hydrogens is 428 g/mol. The first-order valence-corrected chi connectivity index (χ1v) is 11.7. The molecule has 0 bridgehead atoms. The van der Waals surface area contributed by atoms with Gasteiger partial charge in [-0.25, -0.2) is 4.98 Å². The average Bonchev–Trinajstić information content (AvgIpc) is 2.84. The van der Waals surface area contributed by atoms with E-state index >= 15 is 0 Å². The Kier molecular flexibility index (Phi) is 6.17. The summed E-state index contributed by atoms with van der Waals surface area (Å²) in [5.41, 5.74) is 2.79. The number of likely N-dealkylation sites (N-methyl/N-ethyl adjacent to an activating group) is 1. The number of hydrogen-bond acceptors (Lipinski definition) is 7. The number of morpholine rings is 1. The quantitative estimate of drug-likeness (QED) is 0.699. The molecule has 3 aliphatic heterocycles. The van der Waals surface area contributed by atoms with Gasteiger partial charge in [0.25, 0.3) is 5.91 Å². The SMILES string of the molecule is CN1CCN(c2nc3c(c(N4CCOCC4)n2)CN(C(=O)c2ccc(Cl)cc2)CC3)CC1. The lowest BCUT2D eigenvalue weighted by Gasteiger charge is -2.37. The number of amides is 1. The van der Waals surface area contributed by atoms with Gasteiger partial charge in [-0.15, -0.1) is 0 Å². The Morgan fingerprint density at radius 3 is 2.38 bits per heavy atom. The maximum atomic E-state index is 13.1. The Labute approximate surface area is 193 Å². The molecular formula is C23H29ClN6O2. The van der Waals surface area contributed by atoms with Gasteiger partial charge in [-0.3, -0.25) is 4.79 Å². The van der Waals surface area contributed by atoms with Crippen LogP contribution < -0.4 is 9.80 Å². The van der Waals surface area contributed by atoms with E-state index in [1.165, 1.54) is 0 Å². The Morgan fingerprint density at radius 1 is 0.938 bits per heavy atom. The summed E-state index contributed by atoms with van der Waals surface area (Å²) in [5, 5.41) is 0.630. The molecule has 1 amide bonds. The van der Waals surface area contributed by atoms with Crippen molar-refractivity contribution in [3.63, 3.8) is 0 Å². The van der Waals surface area contributed by atoms with Crippen molar-refractivity contribution in [3.8, 4) is 0 Å². The molecule has 0 radical (unpaired) electrons. The van der Waals surface area contributed by atoms with Crippen LogP contribution in [0.4, 0.5) is 11.8 Å². The third-order valence-electron chi connectivity index (χ3n) is 6.50. The van der Waals surface area contributed by atoms with Crippen molar-refractivity contribution in [1.29, 1.82) is 0 Å². The van der Waals surface area contributed by atoms with Crippen molar-refractivity contribution in [3.05, 3.63) is 46.1 Å². The number of hydrogen-bond donors (Lipinski definition) is 0. The lowest BCUT2D eigenvalue weighted by Crippen LogP contribution is -2.46. The molecule has 0 aliphatic carbocycles. The molecule has 2 fully saturated rings. The van der Waals surface area contributed by atoms with E-state index in [0.29, 0.717) is 36.9 Å². The molecule has 8 nitrogen and oxygen atoms in total. The maximum absolute atomic E-state index is 13.1. The topological polar surface area (TPSA) is 65.0 Å². The predicted molar refractivity (Wildman–Crippen MR) is 125 cm³/mol. The molecule has 1 aromatic carbocycles. The molecule has 4 heterocycles. The fourth-order valence-electron chi connectivity index (χ4n) is 4.52. The summed E-state index contributed by atoms with van der Waals surface area (Å²) in [6, 6.07) is 7.10. The van der Waals surface area contributed by atoms with E-state index < -0.39 is 0 Å². The second kappa shape index (κ2) is 9.21. The van der Waals surface area contributed by atoms with Gasteiger partial charge in [0.05, 0.1) is 25.5 Å². The van der Waals surface area contributed by atoms with Gasteiger partial charge in [0.15, 0.2) is 0 Å². The number of rotatable bonds is 3. The highest BCUT2D eigenvalue weighted by atomic mass is 35.5. The fourth-order valence-corrected chi connectivity index (χ4v) is 4.64. The zero-order valence-electron chi connectivity index (χ0n) is 18.5. The van der Waals surface area contributed by atoms with Crippen LogP contribution in [0.25, 0.3) is 0 Å². The van der Waals surface area contributed by atoms with Gasteiger partial charge < -0.3 is 24.3 Å². The third-order valence-corrected chi connectivity index (χ3v) is 6.75. The number of nitrogens with zero attached hydrogens (tertiary/aromatic N) is 6. The minimum absolute atomic E-state index is 0.0170. The number of anilines is 2. The minimum Gasteiger partial charge on any atom is -0.378 e. The van der Waals surface area contributed by atoms with Crippen LogP contribution in [0.15, 0.2) is 24.3 Å². The monoisotopic (exact) mass is 456 g/mol. The number of carbonyl (C=O) groups is 1. The summed E-state index contributed by atoms with van der Waals surface area (Å²) in [6.45, 7) is 8.04. The van der Waals surface area contributed by atoms with Gasteiger partial charge in [-0.05, 0) is 31.3 Å². The zero-order valence-corrected chi connectivity index (χ0v) is 19.2. The highest BCUT2D eigenvalue weighted by Crippen LogP contribution is 2.30. The molecule has 9 heteroatoms. The van der Waals surface area contributed by atoms with Gasteiger partial charge in [-0.1, -0.05) is 11.6 Å². The van der Waals surface area contributed by atoms with Crippen LogP contribution in [0, 0.1) is 0 Å². The number of halogens is 1. The van der Waals surface area contributed by atoms with E-state index in [0.717, 1.165) is 68.7 Å². The molecule has 0 unspecified atom stereocenters. The van der Waals surface area contributed by atoms with Crippen LogP contribution in [0.5, 0.6) is 0 Å². The van der Waals surface area contributed by atoms with Crippen molar-refractivity contribution in [1.82, 2.24) is 19.8 Å². The first-order valence-electron chi connectivity index (χ1n) is 11.3.